The van der Waals surface area contributed by atoms with Gasteiger partial charge in [0, 0.05) is 0 Å². The average molecular weight is 243 g/mol. The molecule has 2 atom stereocenters. The van der Waals surface area contributed by atoms with E-state index in [1.807, 2.05) is 20.8 Å². The summed E-state index contributed by atoms with van der Waals surface area (Å²) in [5.74, 6) is 0. The van der Waals surface area contributed by atoms with E-state index < -0.39 is 17.8 Å². The van der Waals surface area contributed by atoms with E-state index in [9.17, 15) is 9.90 Å². The predicted molar refractivity (Wildman–Crippen MR) is 66.9 cm³/mol. The summed E-state index contributed by atoms with van der Waals surface area (Å²) in [5.41, 5.74) is -0.489. The number of carbonyl (C=O) groups excluding carboxylic acids is 1. The smallest absolute Gasteiger partial charge is 0.407 e. The van der Waals surface area contributed by atoms with Gasteiger partial charge in [0.1, 0.15) is 5.60 Å². The second kappa shape index (κ2) is 6.24. The van der Waals surface area contributed by atoms with E-state index in [0.29, 0.717) is 0 Å². The summed E-state index contributed by atoms with van der Waals surface area (Å²) in [6, 6.07) is -0.162. The molecule has 4 heteroatoms. The maximum atomic E-state index is 11.6. The van der Waals surface area contributed by atoms with Crippen LogP contribution < -0.4 is 5.32 Å². The van der Waals surface area contributed by atoms with Crippen LogP contribution in [0.1, 0.15) is 59.3 Å². The molecule has 0 saturated heterocycles. The zero-order chi connectivity index (χ0) is 12.9. The first-order valence-corrected chi connectivity index (χ1v) is 6.56. The third-order valence-corrected chi connectivity index (χ3v) is 2.93. The lowest BCUT2D eigenvalue weighted by Crippen LogP contribution is -2.45. The van der Waals surface area contributed by atoms with Crippen molar-refractivity contribution in [1.29, 1.82) is 0 Å². The summed E-state index contributed by atoms with van der Waals surface area (Å²) in [4.78, 5) is 11.6. The lowest BCUT2D eigenvalue weighted by molar-refractivity contribution is 0.0391. The van der Waals surface area contributed by atoms with Crippen molar-refractivity contribution in [3.05, 3.63) is 0 Å². The van der Waals surface area contributed by atoms with Crippen molar-refractivity contribution in [2.75, 3.05) is 0 Å². The SMILES string of the molecule is CC(C)(C)OC(=O)N[C@@H]1CCCCCC[C@H]1O. The van der Waals surface area contributed by atoms with Gasteiger partial charge < -0.3 is 15.2 Å². The summed E-state index contributed by atoms with van der Waals surface area (Å²) in [6.45, 7) is 5.50. The molecule has 0 spiro atoms. The van der Waals surface area contributed by atoms with Gasteiger partial charge in [-0.05, 0) is 33.6 Å². The lowest BCUT2D eigenvalue weighted by Gasteiger charge is -2.28. The summed E-state index contributed by atoms with van der Waals surface area (Å²) in [5, 5.41) is 12.7. The fourth-order valence-corrected chi connectivity index (χ4v) is 2.09. The molecule has 0 aliphatic heterocycles. The Morgan fingerprint density at radius 2 is 1.76 bits per heavy atom. The number of aliphatic hydroxyl groups excluding tert-OH is 1. The van der Waals surface area contributed by atoms with Crippen LogP contribution in [-0.2, 0) is 4.74 Å². The quantitative estimate of drug-likeness (QED) is 0.744. The molecule has 0 aromatic heterocycles. The van der Waals surface area contributed by atoms with Crippen LogP contribution in [0.25, 0.3) is 0 Å². The molecule has 1 rings (SSSR count). The number of alkyl carbamates (subject to hydrolysis) is 1. The molecule has 0 radical (unpaired) electrons. The van der Waals surface area contributed by atoms with Crippen molar-refractivity contribution in [2.45, 2.75) is 77.0 Å². The third-order valence-electron chi connectivity index (χ3n) is 2.93. The molecular formula is C13H25NO3. The minimum Gasteiger partial charge on any atom is -0.444 e. The van der Waals surface area contributed by atoms with Gasteiger partial charge in [-0.3, -0.25) is 0 Å². The Morgan fingerprint density at radius 3 is 2.35 bits per heavy atom. The molecular weight excluding hydrogens is 218 g/mol. The fraction of sp³-hybridized carbons (Fsp3) is 0.923. The summed E-state index contributed by atoms with van der Waals surface area (Å²) in [6.07, 6.45) is 5.17. The summed E-state index contributed by atoms with van der Waals surface area (Å²) >= 11 is 0. The van der Waals surface area contributed by atoms with E-state index in [4.69, 9.17) is 4.74 Å². The number of amides is 1. The van der Waals surface area contributed by atoms with Crippen LogP contribution in [0.5, 0.6) is 0 Å². The normalized spacial score (nSPS) is 26.8. The molecule has 2 N–H and O–H groups in total. The molecule has 100 valence electrons. The Hall–Kier alpha value is -0.770. The van der Waals surface area contributed by atoms with Crippen LogP contribution >= 0.6 is 0 Å². The van der Waals surface area contributed by atoms with Gasteiger partial charge >= 0.3 is 6.09 Å². The molecule has 1 fully saturated rings. The predicted octanol–water partition coefficient (Wildman–Crippen LogP) is 2.59. The van der Waals surface area contributed by atoms with Gasteiger partial charge in [0.25, 0.3) is 0 Å². The van der Waals surface area contributed by atoms with Crippen LogP contribution in [0, 0.1) is 0 Å². The van der Waals surface area contributed by atoms with Crippen LogP contribution in [0.15, 0.2) is 0 Å². The number of ether oxygens (including phenoxy) is 1. The van der Waals surface area contributed by atoms with Crippen molar-refractivity contribution < 1.29 is 14.6 Å². The maximum Gasteiger partial charge on any atom is 0.407 e. The number of carbonyl (C=O) groups is 1. The highest BCUT2D eigenvalue weighted by atomic mass is 16.6. The van der Waals surface area contributed by atoms with Crippen molar-refractivity contribution in [2.24, 2.45) is 0 Å². The molecule has 0 unspecified atom stereocenters. The van der Waals surface area contributed by atoms with Gasteiger partial charge in [-0.1, -0.05) is 25.7 Å². The number of nitrogens with one attached hydrogen (secondary N) is 1. The molecule has 0 heterocycles. The second-order valence-electron chi connectivity index (χ2n) is 5.81. The Morgan fingerprint density at radius 1 is 1.18 bits per heavy atom. The molecule has 0 aromatic rings. The van der Waals surface area contributed by atoms with E-state index in [1.54, 1.807) is 0 Å². The lowest BCUT2D eigenvalue weighted by atomic mass is 9.94. The number of aliphatic hydroxyl groups is 1. The molecule has 4 nitrogen and oxygen atoms in total. The van der Waals surface area contributed by atoms with Crippen molar-refractivity contribution in [3.8, 4) is 0 Å². The largest absolute Gasteiger partial charge is 0.444 e. The molecule has 1 aliphatic carbocycles. The Labute approximate surface area is 104 Å². The van der Waals surface area contributed by atoms with Crippen molar-refractivity contribution in [1.82, 2.24) is 5.32 Å². The third kappa shape index (κ3) is 5.91. The van der Waals surface area contributed by atoms with E-state index >= 15 is 0 Å². The standard InChI is InChI=1S/C13H25NO3/c1-13(2,3)17-12(16)14-10-8-6-4-5-7-9-11(10)15/h10-11,15H,4-9H2,1-3H3,(H,14,16)/t10-,11-/m1/s1. The van der Waals surface area contributed by atoms with Gasteiger partial charge in [-0.2, -0.15) is 0 Å². The first kappa shape index (κ1) is 14.3. The minimum absolute atomic E-state index is 0.162. The average Bonchev–Trinajstić information content (AvgIpc) is 2.15. The van der Waals surface area contributed by atoms with Gasteiger partial charge in [0.2, 0.25) is 0 Å². The minimum atomic E-state index is -0.489. The van der Waals surface area contributed by atoms with Crippen molar-refractivity contribution in [3.63, 3.8) is 0 Å². The van der Waals surface area contributed by atoms with E-state index in [1.165, 1.54) is 12.8 Å². The van der Waals surface area contributed by atoms with Gasteiger partial charge in [-0.25, -0.2) is 4.79 Å². The van der Waals surface area contributed by atoms with Crippen LogP contribution in [0.2, 0.25) is 0 Å². The first-order chi connectivity index (χ1) is 7.88. The second-order valence-corrected chi connectivity index (χ2v) is 5.81. The topological polar surface area (TPSA) is 58.6 Å². The van der Waals surface area contributed by atoms with Crippen LogP contribution in [0.4, 0.5) is 4.79 Å². The van der Waals surface area contributed by atoms with Gasteiger partial charge in [-0.15, -0.1) is 0 Å². The monoisotopic (exact) mass is 243 g/mol. The molecule has 17 heavy (non-hydrogen) atoms. The van der Waals surface area contributed by atoms with Crippen LogP contribution in [0.3, 0.4) is 0 Å². The zero-order valence-electron chi connectivity index (χ0n) is 11.2. The molecule has 1 aliphatic rings. The Bertz CT molecular complexity index is 248. The highest BCUT2D eigenvalue weighted by Gasteiger charge is 2.24. The number of hydrogen-bond donors (Lipinski definition) is 2. The first-order valence-electron chi connectivity index (χ1n) is 6.56. The number of hydrogen-bond acceptors (Lipinski definition) is 3. The zero-order valence-corrected chi connectivity index (χ0v) is 11.2. The van der Waals surface area contributed by atoms with E-state index in [0.717, 1.165) is 25.7 Å². The highest BCUT2D eigenvalue weighted by molar-refractivity contribution is 5.68. The Balaban J connectivity index is 2.43. The molecule has 0 aromatic carbocycles. The van der Waals surface area contributed by atoms with Crippen LogP contribution in [-0.4, -0.2) is 28.9 Å². The maximum absolute atomic E-state index is 11.6. The fourth-order valence-electron chi connectivity index (χ4n) is 2.09. The molecule has 1 amide bonds. The molecule has 0 bridgehead atoms. The van der Waals surface area contributed by atoms with Crippen molar-refractivity contribution >= 4 is 6.09 Å². The van der Waals surface area contributed by atoms with E-state index in [-0.39, 0.29) is 6.04 Å². The Kier molecular flexibility index (Phi) is 5.25. The molecule has 1 saturated carbocycles. The summed E-state index contributed by atoms with van der Waals surface area (Å²) < 4.78 is 5.20. The number of rotatable bonds is 1. The summed E-state index contributed by atoms with van der Waals surface area (Å²) in [7, 11) is 0. The van der Waals surface area contributed by atoms with E-state index in [2.05, 4.69) is 5.32 Å². The van der Waals surface area contributed by atoms with Gasteiger partial charge in [0.15, 0.2) is 0 Å². The highest BCUT2D eigenvalue weighted by Crippen LogP contribution is 2.18. The van der Waals surface area contributed by atoms with Gasteiger partial charge in [0.05, 0.1) is 12.1 Å².